The average molecular weight is 479 g/mol. The molecule has 1 aliphatic heterocycles. The Hall–Kier alpha value is -3.85. The van der Waals surface area contributed by atoms with Crippen molar-refractivity contribution in [1.82, 2.24) is 9.47 Å². The van der Waals surface area contributed by atoms with Crippen LogP contribution in [0.15, 0.2) is 59.6 Å². The number of carbonyl (C=O) groups excluding carboxylic acids is 4. The number of rotatable bonds is 7. The predicted molar refractivity (Wildman–Crippen MR) is 128 cm³/mol. The smallest absolute Gasteiger partial charge is 0.337 e. The molecule has 2 amide bonds. The number of imide groups is 1. The zero-order valence-electron chi connectivity index (χ0n) is 18.6. The van der Waals surface area contributed by atoms with Gasteiger partial charge < -0.3 is 14.0 Å². The quantitative estimate of drug-likeness (QED) is 0.373. The largest absolute Gasteiger partial charge is 0.465 e. The Morgan fingerprint density at radius 1 is 1.09 bits per heavy atom. The Morgan fingerprint density at radius 2 is 1.88 bits per heavy atom. The van der Waals surface area contributed by atoms with Gasteiger partial charge in [0.05, 0.1) is 24.2 Å². The maximum absolute atomic E-state index is 12.8. The van der Waals surface area contributed by atoms with Gasteiger partial charge in [-0.3, -0.25) is 19.3 Å². The molecule has 0 bridgehead atoms. The molecule has 0 spiro atoms. The summed E-state index contributed by atoms with van der Waals surface area (Å²) in [6.07, 6.45) is 3.56. The lowest BCUT2D eigenvalue weighted by atomic mass is 10.1. The lowest BCUT2D eigenvalue weighted by Gasteiger charge is -2.10. The number of methoxy groups -OCH3 is 1. The van der Waals surface area contributed by atoms with Crippen LogP contribution in [0.3, 0.4) is 0 Å². The maximum atomic E-state index is 12.8. The molecule has 1 fully saturated rings. The number of amides is 2. The lowest BCUT2D eigenvalue weighted by molar-refractivity contribution is -0.145. The van der Waals surface area contributed by atoms with Gasteiger partial charge in [0.2, 0.25) is 0 Å². The normalized spacial score (nSPS) is 14.8. The van der Waals surface area contributed by atoms with E-state index in [9.17, 15) is 19.2 Å². The van der Waals surface area contributed by atoms with Crippen molar-refractivity contribution in [2.45, 2.75) is 13.5 Å². The van der Waals surface area contributed by atoms with E-state index in [1.807, 2.05) is 41.1 Å². The minimum absolute atomic E-state index is 0.174. The number of hydrogen-bond acceptors (Lipinski definition) is 7. The number of aromatic nitrogens is 1. The zero-order chi connectivity index (χ0) is 24.2. The van der Waals surface area contributed by atoms with Gasteiger partial charge in [0.25, 0.3) is 11.1 Å². The van der Waals surface area contributed by atoms with E-state index in [0.29, 0.717) is 12.1 Å². The molecule has 34 heavy (non-hydrogen) atoms. The molecule has 8 nitrogen and oxygen atoms in total. The molecule has 2 heterocycles. The molecule has 1 aromatic heterocycles. The summed E-state index contributed by atoms with van der Waals surface area (Å²) in [7, 11) is 1.34. The van der Waals surface area contributed by atoms with E-state index < -0.39 is 29.6 Å². The molecular weight excluding hydrogens is 456 g/mol. The molecule has 3 aromatic rings. The second-order valence-corrected chi connectivity index (χ2v) is 8.49. The highest BCUT2D eigenvalue weighted by atomic mass is 32.2. The van der Waals surface area contributed by atoms with Crippen LogP contribution in [0.2, 0.25) is 0 Å². The Kier molecular flexibility index (Phi) is 6.83. The van der Waals surface area contributed by atoms with Crippen LogP contribution >= 0.6 is 11.8 Å². The highest BCUT2D eigenvalue weighted by Gasteiger charge is 2.36. The standard InChI is InChI=1S/C25H22N2O6S/c1-3-33-22(28)15-27-23(29)21(34-25(27)31)12-18-14-26(20-10-5-4-9-19(18)20)13-16-7-6-8-17(11-16)24(30)32-2/h4-12,14H,3,13,15H2,1-2H3/b21-12+. The summed E-state index contributed by atoms with van der Waals surface area (Å²) in [6.45, 7) is 1.91. The van der Waals surface area contributed by atoms with E-state index in [1.165, 1.54) is 7.11 Å². The molecule has 0 atom stereocenters. The number of carbonyl (C=O) groups is 4. The van der Waals surface area contributed by atoms with Crippen molar-refractivity contribution in [3.63, 3.8) is 0 Å². The Morgan fingerprint density at radius 3 is 2.65 bits per heavy atom. The number of para-hydroxylation sites is 1. The zero-order valence-corrected chi connectivity index (χ0v) is 19.5. The van der Waals surface area contributed by atoms with E-state index >= 15 is 0 Å². The monoisotopic (exact) mass is 478 g/mol. The number of hydrogen-bond donors (Lipinski definition) is 0. The summed E-state index contributed by atoms with van der Waals surface area (Å²) < 4.78 is 11.7. The molecule has 4 rings (SSSR count). The number of thioether (sulfide) groups is 1. The third-order valence-electron chi connectivity index (χ3n) is 5.27. The summed E-state index contributed by atoms with van der Waals surface area (Å²) in [5.41, 5.74) is 3.07. The maximum Gasteiger partial charge on any atom is 0.337 e. The van der Waals surface area contributed by atoms with Crippen molar-refractivity contribution >= 4 is 51.8 Å². The van der Waals surface area contributed by atoms with Crippen molar-refractivity contribution in [2.24, 2.45) is 0 Å². The molecule has 1 saturated heterocycles. The summed E-state index contributed by atoms with van der Waals surface area (Å²) in [6, 6.07) is 14.9. The van der Waals surface area contributed by atoms with Gasteiger partial charge in [0, 0.05) is 29.2 Å². The van der Waals surface area contributed by atoms with Crippen molar-refractivity contribution < 1.29 is 28.7 Å². The lowest BCUT2D eigenvalue weighted by Crippen LogP contribution is -2.34. The number of ether oxygens (including phenoxy) is 2. The fourth-order valence-electron chi connectivity index (χ4n) is 3.75. The fraction of sp³-hybridized carbons (Fsp3) is 0.200. The summed E-state index contributed by atoms with van der Waals surface area (Å²) >= 11 is 0.796. The van der Waals surface area contributed by atoms with E-state index in [2.05, 4.69) is 0 Å². The molecule has 0 radical (unpaired) electrons. The first kappa shape index (κ1) is 23.3. The van der Waals surface area contributed by atoms with Crippen LogP contribution in [-0.4, -0.2) is 52.8 Å². The van der Waals surface area contributed by atoms with Crippen LogP contribution in [0.1, 0.15) is 28.4 Å². The van der Waals surface area contributed by atoms with Crippen LogP contribution in [0.4, 0.5) is 4.79 Å². The molecule has 174 valence electrons. The van der Waals surface area contributed by atoms with Gasteiger partial charge in [-0.25, -0.2) is 4.79 Å². The Labute approximate surface area is 200 Å². The second-order valence-electron chi connectivity index (χ2n) is 7.49. The van der Waals surface area contributed by atoms with Crippen LogP contribution in [0.5, 0.6) is 0 Å². The minimum atomic E-state index is -0.628. The third kappa shape index (κ3) is 4.74. The molecule has 1 aliphatic rings. The molecular formula is C25H22N2O6S. The third-order valence-corrected chi connectivity index (χ3v) is 6.18. The van der Waals surface area contributed by atoms with Crippen molar-refractivity contribution in [2.75, 3.05) is 20.3 Å². The number of fused-ring (bicyclic) bond motifs is 1. The topological polar surface area (TPSA) is 94.9 Å². The van der Waals surface area contributed by atoms with E-state index in [0.717, 1.165) is 38.7 Å². The van der Waals surface area contributed by atoms with Gasteiger partial charge >= 0.3 is 11.9 Å². The number of benzene rings is 2. The van der Waals surface area contributed by atoms with E-state index in [1.54, 1.807) is 31.2 Å². The summed E-state index contributed by atoms with van der Waals surface area (Å²) in [5, 5.41) is 0.400. The Bertz CT molecular complexity index is 1330. The molecule has 0 unspecified atom stereocenters. The molecule has 0 saturated carbocycles. The number of nitrogens with zero attached hydrogens (tertiary/aromatic N) is 2. The second kappa shape index (κ2) is 9.96. The molecule has 0 N–H and O–H groups in total. The Balaban J connectivity index is 1.65. The number of esters is 2. The van der Waals surface area contributed by atoms with Gasteiger partial charge in [-0.05, 0) is 48.5 Å². The van der Waals surface area contributed by atoms with E-state index in [-0.39, 0.29) is 11.5 Å². The highest BCUT2D eigenvalue weighted by Crippen LogP contribution is 2.34. The van der Waals surface area contributed by atoms with Crippen molar-refractivity contribution in [3.8, 4) is 0 Å². The summed E-state index contributed by atoms with van der Waals surface area (Å²) in [4.78, 5) is 49.9. The van der Waals surface area contributed by atoms with E-state index in [4.69, 9.17) is 9.47 Å². The first-order valence-electron chi connectivity index (χ1n) is 10.6. The predicted octanol–water partition coefficient (Wildman–Crippen LogP) is 4.08. The SMILES string of the molecule is CCOC(=O)CN1C(=O)S/C(=C/c2cn(Cc3cccc(C(=O)OC)c3)c3ccccc23)C1=O. The van der Waals surface area contributed by atoms with Gasteiger partial charge in [-0.15, -0.1) is 0 Å². The van der Waals surface area contributed by atoms with Crippen LogP contribution in [0.25, 0.3) is 17.0 Å². The van der Waals surface area contributed by atoms with Crippen LogP contribution < -0.4 is 0 Å². The van der Waals surface area contributed by atoms with Crippen molar-refractivity contribution in [3.05, 3.63) is 76.3 Å². The van der Waals surface area contributed by atoms with Crippen LogP contribution in [0, 0.1) is 0 Å². The molecule has 9 heteroatoms. The average Bonchev–Trinajstić information content (AvgIpc) is 3.31. The first-order valence-corrected chi connectivity index (χ1v) is 11.4. The first-order chi connectivity index (χ1) is 16.4. The van der Waals surface area contributed by atoms with Gasteiger partial charge in [-0.2, -0.15) is 0 Å². The highest BCUT2D eigenvalue weighted by molar-refractivity contribution is 8.18. The van der Waals surface area contributed by atoms with Crippen LogP contribution in [-0.2, 0) is 25.6 Å². The van der Waals surface area contributed by atoms with Crippen molar-refractivity contribution in [1.29, 1.82) is 0 Å². The minimum Gasteiger partial charge on any atom is -0.465 e. The molecule has 2 aromatic carbocycles. The summed E-state index contributed by atoms with van der Waals surface area (Å²) in [5.74, 6) is -1.55. The fourth-order valence-corrected chi connectivity index (χ4v) is 4.57. The van der Waals surface area contributed by atoms with Gasteiger partial charge in [0.15, 0.2) is 0 Å². The molecule has 0 aliphatic carbocycles. The van der Waals surface area contributed by atoms with Gasteiger partial charge in [0.1, 0.15) is 6.54 Å². The van der Waals surface area contributed by atoms with Gasteiger partial charge in [-0.1, -0.05) is 30.3 Å².